The van der Waals surface area contributed by atoms with Crippen LogP contribution in [0.3, 0.4) is 0 Å². The van der Waals surface area contributed by atoms with E-state index in [1.165, 1.54) is 116 Å². The van der Waals surface area contributed by atoms with E-state index in [0.29, 0.717) is 19.3 Å². The van der Waals surface area contributed by atoms with Gasteiger partial charge in [-0.1, -0.05) is 215 Å². The standard InChI is InChI=1S/C61H104O6/c1-4-7-10-13-16-19-22-25-28-29-30-31-34-36-39-42-45-48-51-54-60(63)66-57-58(67-61(64)55-52-49-46-43-40-37-33-27-24-21-18-15-12-9-6-3)56-65-59(62)53-50-47-44-41-38-35-32-26-23-20-17-14-11-8-5-2/h9,12,17-18,20-21,26-27,29-30,32-33,40,43,58H,4-8,10-11,13-16,19,22-25,28,31,34-39,41-42,44-57H2,1-3H3/b12-9-,20-17-,21-18-,30-29-,32-26-,33-27-,43-40-/t58-/m1/s1. The zero-order chi connectivity index (χ0) is 48.6. The van der Waals surface area contributed by atoms with E-state index in [-0.39, 0.29) is 37.5 Å². The number of allylic oxidation sites excluding steroid dienone is 14. The minimum atomic E-state index is -0.806. The molecule has 0 aliphatic carbocycles. The zero-order valence-electron chi connectivity index (χ0n) is 43.9. The Morgan fingerprint density at radius 2 is 0.582 bits per heavy atom. The van der Waals surface area contributed by atoms with Gasteiger partial charge in [-0.15, -0.1) is 0 Å². The van der Waals surface area contributed by atoms with Crippen LogP contribution >= 0.6 is 0 Å². The molecule has 0 heterocycles. The van der Waals surface area contributed by atoms with E-state index in [4.69, 9.17) is 14.2 Å². The van der Waals surface area contributed by atoms with Gasteiger partial charge in [0.2, 0.25) is 0 Å². The molecule has 6 nitrogen and oxygen atoms in total. The third kappa shape index (κ3) is 53.4. The molecule has 0 aromatic heterocycles. The van der Waals surface area contributed by atoms with Crippen molar-refractivity contribution < 1.29 is 28.6 Å². The van der Waals surface area contributed by atoms with Crippen molar-refractivity contribution in [1.82, 2.24) is 0 Å². The highest BCUT2D eigenvalue weighted by molar-refractivity contribution is 5.71. The second kappa shape index (κ2) is 55.2. The number of hydrogen-bond acceptors (Lipinski definition) is 6. The van der Waals surface area contributed by atoms with Gasteiger partial charge in [0, 0.05) is 19.3 Å². The molecule has 67 heavy (non-hydrogen) atoms. The average molecular weight is 933 g/mol. The van der Waals surface area contributed by atoms with Gasteiger partial charge in [0.1, 0.15) is 13.2 Å². The van der Waals surface area contributed by atoms with Gasteiger partial charge in [-0.3, -0.25) is 14.4 Å². The van der Waals surface area contributed by atoms with E-state index >= 15 is 0 Å². The molecule has 0 aromatic rings. The largest absolute Gasteiger partial charge is 0.462 e. The van der Waals surface area contributed by atoms with Crippen molar-refractivity contribution in [2.45, 2.75) is 271 Å². The molecule has 0 saturated heterocycles. The quantitative estimate of drug-likeness (QED) is 0.0262. The van der Waals surface area contributed by atoms with Crippen LogP contribution in [0.4, 0.5) is 0 Å². The van der Waals surface area contributed by atoms with Gasteiger partial charge in [0.15, 0.2) is 6.10 Å². The SMILES string of the molecule is CC/C=C\C/C=C\C/C=C\C/C=C\CCCCC(=O)O[C@H](COC(=O)CCCCCCC/C=C\C/C=C\CCCCC)COC(=O)CCCCCCCCC/C=C\CCCCCCCCCC. The minimum absolute atomic E-state index is 0.100. The summed E-state index contributed by atoms with van der Waals surface area (Å²) in [6.45, 7) is 6.46. The first-order valence-corrected chi connectivity index (χ1v) is 28.1. The van der Waals surface area contributed by atoms with E-state index in [9.17, 15) is 14.4 Å². The molecular formula is C61H104O6. The molecule has 0 unspecified atom stereocenters. The summed E-state index contributed by atoms with van der Waals surface area (Å²) >= 11 is 0. The van der Waals surface area contributed by atoms with Crippen LogP contribution in [0.15, 0.2) is 85.1 Å². The fourth-order valence-corrected chi connectivity index (χ4v) is 7.63. The molecule has 0 spiro atoms. The van der Waals surface area contributed by atoms with Crippen LogP contribution in [0.5, 0.6) is 0 Å². The second-order valence-electron chi connectivity index (χ2n) is 18.5. The van der Waals surface area contributed by atoms with Crippen LogP contribution in [0.25, 0.3) is 0 Å². The van der Waals surface area contributed by atoms with Crippen LogP contribution in [0, 0.1) is 0 Å². The first-order chi connectivity index (χ1) is 33.0. The molecule has 0 fully saturated rings. The van der Waals surface area contributed by atoms with E-state index in [1.807, 2.05) is 0 Å². The Balaban J connectivity index is 4.45. The molecule has 0 amide bonds. The molecule has 1 atom stereocenters. The van der Waals surface area contributed by atoms with Gasteiger partial charge < -0.3 is 14.2 Å². The van der Waals surface area contributed by atoms with Gasteiger partial charge in [-0.05, 0) is 116 Å². The highest BCUT2D eigenvalue weighted by Crippen LogP contribution is 2.14. The lowest BCUT2D eigenvalue weighted by atomic mass is 10.1. The molecule has 0 aliphatic heterocycles. The van der Waals surface area contributed by atoms with E-state index in [1.54, 1.807) is 0 Å². The maximum absolute atomic E-state index is 12.8. The average Bonchev–Trinajstić information content (AvgIpc) is 3.33. The lowest BCUT2D eigenvalue weighted by Gasteiger charge is -2.18. The zero-order valence-corrected chi connectivity index (χ0v) is 43.9. The number of unbranched alkanes of at least 4 members (excludes halogenated alkanes) is 25. The molecule has 0 saturated carbocycles. The molecule has 0 rings (SSSR count). The summed E-state index contributed by atoms with van der Waals surface area (Å²) in [5.41, 5.74) is 0. The van der Waals surface area contributed by atoms with Crippen molar-refractivity contribution in [2.75, 3.05) is 13.2 Å². The first kappa shape index (κ1) is 63.6. The van der Waals surface area contributed by atoms with Crippen LogP contribution in [-0.4, -0.2) is 37.2 Å². The summed E-state index contributed by atoms with van der Waals surface area (Å²) in [7, 11) is 0. The van der Waals surface area contributed by atoms with Crippen molar-refractivity contribution >= 4 is 17.9 Å². The Bertz CT molecular complexity index is 1300. The van der Waals surface area contributed by atoms with E-state index in [2.05, 4.69) is 106 Å². The Morgan fingerprint density at radius 3 is 0.985 bits per heavy atom. The van der Waals surface area contributed by atoms with Crippen molar-refractivity contribution in [1.29, 1.82) is 0 Å². The van der Waals surface area contributed by atoms with Crippen LogP contribution in [0.2, 0.25) is 0 Å². The topological polar surface area (TPSA) is 78.9 Å². The molecule has 0 aromatic carbocycles. The van der Waals surface area contributed by atoms with Crippen LogP contribution in [0.1, 0.15) is 265 Å². The van der Waals surface area contributed by atoms with Gasteiger partial charge in [0.05, 0.1) is 0 Å². The molecule has 0 aliphatic rings. The number of esters is 3. The summed E-state index contributed by atoms with van der Waals surface area (Å²) in [6, 6.07) is 0. The molecule has 0 N–H and O–H groups in total. The Labute approximate surface area is 414 Å². The van der Waals surface area contributed by atoms with Gasteiger partial charge in [0.25, 0.3) is 0 Å². The van der Waals surface area contributed by atoms with Crippen LogP contribution < -0.4 is 0 Å². The number of rotatable bonds is 50. The summed E-state index contributed by atoms with van der Waals surface area (Å²) < 4.78 is 16.8. The summed E-state index contributed by atoms with van der Waals surface area (Å²) in [5, 5.41) is 0. The fourth-order valence-electron chi connectivity index (χ4n) is 7.63. The van der Waals surface area contributed by atoms with Crippen molar-refractivity contribution in [2.24, 2.45) is 0 Å². The number of ether oxygens (including phenoxy) is 3. The van der Waals surface area contributed by atoms with Crippen molar-refractivity contribution in [3.63, 3.8) is 0 Å². The summed E-state index contributed by atoms with van der Waals surface area (Å²) in [5.74, 6) is -0.957. The van der Waals surface area contributed by atoms with Crippen molar-refractivity contribution in [3.05, 3.63) is 85.1 Å². The molecule has 0 radical (unpaired) electrons. The minimum Gasteiger partial charge on any atom is -0.462 e. The van der Waals surface area contributed by atoms with E-state index in [0.717, 1.165) is 103 Å². The fraction of sp³-hybridized carbons (Fsp3) is 0.721. The first-order valence-electron chi connectivity index (χ1n) is 28.1. The van der Waals surface area contributed by atoms with E-state index < -0.39 is 6.10 Å². The summed E-state index contributed by atoms with van der Waals surface area (Å²) in [4.78, 5) is 38.1. The molecule has 6 heteroatoms. The highest BCUT2D eigenvalue weighted by Gasteiger charge is 2.19. The lowest BCUT2D eigenvalue weighted by Crippen LogP contribution is -2.30. The number of carbonyl (C=O) groups is 3. The van der Waals surface area contributed by atoms with Gasteiger partial charge in [-0.25, -0.2) is 0 Å². The Kier molecular flexibility index (Phi) is 52.4. The van der Waals surface area contributed by atoms with Gasteiger partial charge in [-0.2, -0.15) is 0 Å². The summed E-state index contributed by atoms with van der Waals surface area (Å²) in [6.07, 6.45) is 71.4. The third-order valence-electron chi connectivity index (χ3n) is 11.9. The normalized spacial score (nSPS) is 12.7. The maximum Gasteiger partial charge on any atom is 0.306 e. The predicted octanol–water partition coefficient (Wildman–Crippen LogP) is 18.8. The molecular weight excluding hydrogens is 829 g/mol. The molecule has 384 valence electrons. The second-order valence-corrected chi connectivity index (χ2v) is 18.5. The van der Waals surface area contributed by atoms with Crippen LogP contribution in [-0.2, 0) is 28.6 Å². The van der Waals surface area contributed by atoms with Crippen molar-refractivity contribution in [3.8, 4) is 0 Å². The third-order valence-corrected chi connectivity index (χ3v) is 11.9. The lowest BCUT2D eigenvalue weighted by molar-refractivity contribution is -0.167. The monoisotopic (exact) mass is 933 g/mol. The number of carbonyl (C=O) groups excluding carboxylic acids is 3. The predicted molar refractivity (Wildman–Crippen MR) is 288 cm³/mol. The number of hydrogen-bond donors (Lipinski definition) is 0. The Hall–Kier alpha value is -3.41. The van der Waals surface area contributed by atoms with Gasteiger partial charge >= 0.3 is 17.9 Å². The highest BCUT2D eigenvalue weighted by atomic mass is 16.6. The Morgan fingerprint density at radius 1 is 0.313 bits per heavy atom. The smallest absolute Gasteiger partial charge is 0.306 e. The molecule has 0 bridgehead atoms. The maximum atomic E-state index is 12.8.